The van der Waals surface area contributed by atoms with Crippen molar-refractivity contribution < 1.29 is 9.18 Å². The summed E-state index contributed by atoms with van der Waals surface area (Å²) in [5.74, 6) is -1.06. The lowest BCUT2D eigenvalue weighted by Gasteiger charge is -2.07. The van der Waals surface area contributed by atoms with Gasteiger partial charge in [-0.15, -0.1) is 0 Å². The first-order valence-electron chi connectivity index (χ1n) is 5.76. The zero-order chi connectivity index (χ0) is 14.0. The second-order valence-corrected chi connectivity index (χ2v) is 4.78. The molecule has 0 aliphatic rings. The standard InChI is InChI=1S/C13H11Cl2FN2O/c1-2-6-18-12(9(14)7-17-18)13(19)8-4-3-5-10(16)11(8)15/h3-5,7H,2,6H2,1H3. The largest absolute Gasteiger partial charge is 0.287 e. The maximum Gasteiger partial charge on any atom is 0.214 e. The normalized spacial score (nSPS) is 10.7. The van der Waals surface area contributed by atoms with Crippen molar-refractivity contribution in [2.24, 2.45) is 0 Å². The van der Waals surface area contributed by atoms with E-state index in [9.17, 15) is 9.18 Å². The number of aromatic nitrogens is 2. The Morgan fingerprint density at radius 1 is 1.42 bits per heavy atom. The van der Waals surface area contributed by atoms with Gasteiger partial charge in [-0.1, -0.05) is 36.2 Å². The highest BCUT2D eigenvalue weighted by atomic mass is 35.5. The summed E-state index contributed by atoms with van der Waals surface area (Å²) in [4.78, 5) is 12.4. The zero-order valence-corrected chi connectivity index (χ0v) is 11.7. The molecule has 2 aromatic rings. The van der Waals surface area contributed by atoms with E-state index in [1.54, 1.807) is 0 Å². The molecule has 0 radical (unpaired) electrons. The van der Waals surface area contributed by atoms with Gasteiger partial charge in [0.25, 0.3) is 0 Å². The van der Waals surface area contributed by atoms with Gasteiger partial charge in [0.15, 0.2) is 0 Å². The first-order valence-corrected chi connectivity index (χ1v) is 6.51. The second-order valence-electron chi connectivity index (χ2n) is 3.99. The summed E-state index contributed by atoms with van der Waals surface area (Å²) in [7, 11) is 0. The number of benzene rings is 1. The van der Waals surface area contributed by atoms with Gasteiger partial charge in [0.2, 0.25) is 5.78 Å². The first kappa shape index (κ1) is 14.0. The molecule has 0 saturated heterocycles. The molecule has 0 aliphatic carbocycles. The zero-order valence-electron chi connectivity index (χ0n) is 10.2. The van der Waals surface area contributed by atoms with Crippen LogP contribution in [-0.2, 0) is 6.54 Å². The Morgan fingerprint density at radius 3 is 2.84 bits per heavy atom. The van der Waals surface area contributed by atoms with Crippen molar-refractivity contribution in [2.75, 3.05) is 0 Å². The number of carbonyl (C=O) groups excluding carboxylic acids is 1. The van der Waals surface area contributed by atoms with E-state index in [1.807, 2.05) is 6.92 Å². The van der Waals surface area contributed by atoms with Crippen LogP contribution in [-0.4, -0.2) is 15.6 Å². The van der Waals surface area contributed by atoms with Gasteiger partial charge >= 0.3 is 0 Å². The number of hydrogen-bond acceptors (Lipinski definition) is 2. The van der Waals surface area contributed by atoms with E-state index < -0.39 is 11.6 Å². The molecule has 0 unspecified atom stereocenters. The highest BCUT2D eigenvalue weighted by molar-refractivity contribution is 6.37. The summed E-state index contributed by atoms with van der Waals surface area (Å²) in [6.45, 7) is 2.51. The van der Waals surface area contributed by atoms with E-state index in [0.29, 0.717) is 6.54 Å². The first-order chi connectivity index (χ1) is 9.06. The molecule has 1 aromatic heterocycles. The Morgan fingerprint density at radius 2 is 2.16 bits per heavy atom. The molecule has 3 nitrogen and oxygen atoms in total. The van der Waals surface area contributed by atoms with Crippen LogP contribution in [0, 0.1) is 5.82 Å². The minimum absolute atomic E-state index is 0.0846. The smallest absolute Gasteiger partial charge is 0.214 e. The second kappa shape index (κ2) is 5.72. The van der Waals surface area contributed by atoms with Crippen LogP contribution in [0.3, 0.4) is 0 Å². The van der Waals surface area contributed by atoms with Crippen molar-refractivity contribution in [3.63, 3.8) is 0 Å². The molecule has 19 heavy (non-hydrogen) atoms. The van der Waals surface area contributed by atoms with Crippen LogP contribution in [0.25, 0.3) is 0 Å². The van der Waals surface area contributed by atoms with Crippen molar-refractivity contribution in [3.8, 4) is 0 Å². The fourth-order valence-electron chi connectivity index (χ4n) is 1.78. The summed E-state index contributed by atoms with van der Waals surface area (Å²) >= 11 is 11.8. The third-order valence-corrected chi connectivity index (χ3v) is 3.30. The maximum absolute atomic E-state index is 13.4. The Balaban J connectivity index is 2.50. The maximum atomic E-state index is 13.4. The Labute approximate surface area is 119 Å². The Kier molecular flexibility index (Phi) is 4.22. The number of rotatable bonds is 4. The highest BCUT2D eigenvalue weighted by Gasteiger charge is 2.22. The molecule has 0 saturated carbocycles. The molecule has 0 atom stereocenters. The monoisotopic (exact) mass is 300 g/mol. The molecule has 6 heteroatoms. The number of ketones is 1. The number of carbonyl (C=O) groups is 1. The molecule has 100 valence electrons. The van der Waals surface area contributed by atoms with Crippen molar-refractivity contribution in [3.05, 3.63) is 51.5 Å². The summed E-state index contributed by atoms with van der Waals surface area (Å²) < 4.78 is 14.9. The molecular weight excluding hydrogens is 290 g/mol. The summed E-state index contributed by atoms with van der Waals surface area (Å²) in [5.41, 5.74) is 0.317. The van der Waals surface area contributed by atoms with Crippen LogP contribution in [0.1, 0.15) is 29.4 Å². The lowest BCUT2D eigenvalue weighted by molar-refractivity contribution is 0.102. The minimum atomic E-state index is -0.634. The van der Waals surface area contributed by atoms with Crippen LogP contribution in [0.4, 0.5) is 4.39 Å². The van der Waals surface area contributed by atoms with E-state index in [1.165, 1.54) is 29.1 Å². The molecule has 0 N–H and O–H groups in total. The highest BCUT2D eigenvalue weighted by Crippen LogP contribution is 2.25. The number of nitrogens with zero attached hydrogens (tertiary/aromatic N) is 2. The SMILES string of the molecule is CCCn1ncc(Cl)c1C(=O)c1cccc(F)c1Cl. The molecule has 1 heterocycles. The van der Waals surface area contributed by atoms with E-state index in [-0.39, 0.29) is 21.3 Å². The van der Waals surface area contributed by atoms with Crippen LogP contribution in [0.5, 0.6) is 0 Å². The molecule has 0 bridgehead atoms. The number of aryl methyl sites for hydroxylation is 1. The molecule has 0 aliphatic heterocycles. The van der Waals surface area contributed by atoms with Crippen molar-refractivity contribution in [1.82, 2.24) is 9.78 Å². The number of hydrogen-bond donors (Lipinski definition) is 0. The van der Waals surface area contributed by atoms with Crippen molar-refractivity contribution in [1.29, 1.82) is 0 Å². The van der Waals surface area contributed by atoms with Gasteiger partial charge in [0.05, 0.1) is 16.2 Å². The van der Waals surface area contributed by atoms with Crippen molar-refractivity contribution >= 4 is 29.0 Å². The predicted molar refractivity (Wildman–Crippen MR) is 72.4 cm³/mol. The topological polar surface area (TPSA) is 34.9 Å². The predicted octanol–water partition coefficient (Wildman–Crippen LogP) is 3.97. The third kappa shape index (κ3) is 2.65. The summed E-state index contributed by atoms with van der Waals surface area (Å²) in [6.07, 6.45) is 2.20. The van der Waals surface area contributed by atoms with Gasteiger partial charge in [-0.05, 0) is 18.6 Å². The average molecular weight is 301 g/mol. The Hall–Kier alpha value is -1.39. The van der Waals surface area contributed by atoms with Gasteiger partial charge in [-0.2, -0.15) is 5.10 Å². The summed E-state index contributed by atoms with van der Waals surface area (Å²) in [5, 5.41) is 4.07. The van der Waals surface area contributed by atoms with Gasteiger partial charge in [0, 0.05) is 12.1 Å². The van der Waals surface area contributed by atoms with E-state index in [2.05, 4.69) is 5.10 Å². The van der Waals surface area contributed by atoms with E-state index in [4.69, 9.17) is 23.2 Å². The summed E-state index contributed by atoms with van der Waals surface area (Å²) in [6, 6.07) is 4.10. The fourth-order valence-corrected chi connectivity index (χ4v) is 2.22. The minimum Gasteiger partial charge on any atom is -0.287 e. The molecule has 1 aromatic carbocycles. The quantitative estimate of drug-likeness (QED) is 0.801. The van der Waals surface area contributed by atoms with Gasteiger partial charge < -0.3 is 0 Å². The van der Waals surface area contributed by atoms with E-state index in [0.717, 1.165) is 6.42 Å². The fraction of sp³-hybridized carbons (Fsp3) is 0.231. The Bertz CT molecular complexity index is 625. The lowest BCUT2D eigenvalue weighted by Crippen LogP contribution is -2.12. The van der Waals surface area contributed by atoms with Crippen LogP contribution < -0.4 is 0 Å². The molecular formula is C13H11Cl2FN2O. The van der Waals surface area contributed by atoms with Crippen LogP contribution in [0.15, 0.2) is 24.4 Å². The molecule has 0 spiro atoms. The van der Waals surface area contributed by atoms with Gasteiger partial charge in [0.1, 0.15) is 11.5 Å². The average Bonchev–Trinajstić information content (AvgIpc) is 2.74. The van der Waals surface area contributed by atoms with Crippen LogP contribution >= 0.6 is 23.2 Å². The molecule has 2 rings (SSSR count). The van der Waals surface area contributed by atoms with Gasteiger partial charge in [-0.25, -0.2) is 4.39 Å². The molecule has 0 amide bonds. The van der Waals surface area contributed by atoms with Crippen LogP contribution in [0.2, 0.25) is 10.0 Å². The number of halogens is 3. The lowest BCUT2D eigenvalue weighted by atomic mass is 10.1. The van der Waals surface area contributed by atoms with E-state index >= 15 is 0 Å². The van der Waals surface area contributed by atoms with Crippen molar-refractivity contribution in [2.45, 2.75) is 19.9 Å². The van der Waals surface area contributed by atoms with Gasteiger partial charge in [-0.3, -0.25) is 9.48 Å². The molecule has 0 fully saturated rings. The third-order valence-electron chi connectivity index (χ3n) is 2.64.